The Morgan fingerprint density at radius 3 is 2.23 bits per heavy atom. The average molecular weight is 436 g/mol. The van der Waals surface area contributed by atoms with Crippen LogP contribution in [-0.2, 0) is 24.4 Å². The molecule has 0 radical (unpaired) electrons. The zero-order chi connectivity index (χ0) is 21.6. The highest BCUT2D eigenvalue weighted by Crippen LogP contribution is 2.25. The minimum Gasteiger partial charge on any atom is -0.372 e. The van der Waals surface area contributed by atoms with Crippen LogP contribution in [-0.4, -0.2) is 33.9 Å². The molecule has 1 amide bonds. The van der Waals surface area contributed by atoms with Crippen molar-refractivity contribution in [3.05, 3.63) is 81.1 Å². The van der Waals surface area contributed by atoms with E-state index in [1.54, 1.807) is 12.4 Å². The fourth-order valence-corrected chi connectivity index (χ4v) is 4.97. The number of nitrogens with zero attached hydrogens (tertiary/aromatic N) is 3. The second-order valence-corrected chi connectivity index (χ2v) is 9.46. The molecule has 0 saturated carbocycles. The van der Waals surface area contributed by atoms with E-state index >= 15 is 0 Å². The Hall–Kier alpha value is -2.57. The van der Waals surface area contributed by atoms with E-state index in [1.807, 2.05) is 30.9 Å². The fraction of sp³-hybridized carbons (Fsp3) is 0.400. The van der Waals surface area contributed by atoms with Crippen molar-refractivity contribution in [3.8, 4) is 0 Å². The number of thiazole rings is 1. The van der Waals surface area contributed by atoms with E-state index in [-0.39, 0.29) is 5.91 Å². The van der Waals surface area contributed by atoms with Crippen molar-refractivity contribution in [2.75, 3.05) is 13.1 Å². The number of pyridine rings is 1. The van der Waals surface area contributed by atoms with Gasteiger partial charge >= 0.3 is 0 Å². The van der Waals surface area contributed by atoms with Crippen LogP contribution in [0.25, 0.3) is 0 Å². The molecule has 0 spiro atoms. The molecule has 5 nitrogen and oxygen atoms in total. The van der Waals surface area contributed by atoms with Gasteiger partial charge in [-0.3, -0.25) is 9.78 Å². The maximum absolute atomic E-state index is 12.8. The van der Waals surface area contributed by atoms with E-state index in [0.29, 0.717) is 19.1 Å². The largest absolute Gasteiger partial charge is 0.372 e. The Balaban J connectivity index is 1.22. The molecule has 6 heteroatoms. The zero-order valence-corrected chi connectivity index (χ0v) is 19.0. The van der Waals surface area contributed by atoms with Gasteiger partial charge in [0.15, 0.2) is 0 Å². The molecule has 0 bridgehead atoms. The molecule has 3 heterocycles. The van der Waals surface area contributed by atoms with Crippen LogP contribution in [0.15, 0.2) is 48.8 Å². The summed E-state index contributed by atoms with van der Waals surface area (Å²) in [6, 6.07) is 12.7. The van der Waals surface area contributed by atoms with Crippen molar-refractivity contribution >= 4 is 17.2 Å². The first kappa shape index (κ1) is 21.7. The monoisotopic (exact) mass is 435 g/mol. The van der Waals surface area contributed by atoms with E-state index in [1.165, 1.54) is 22.5 Å². The molecule has 3 aromatic rings. The fourth-order valence-electron chi connectivity index (χ4n) is 4.08. The average Bonchev–Trinajstić information content (AvgIpc) is 3.13. The Kier molecular flexibility index (Phi) is 7.10. The molecule has 0 atom stereocenters. The first-order valence-corrected chi connectivity index (χ1v) is 11.7. The molecule has 1 aromatic carbocycles. The number of carbonyl (C=O) groups is 1. The summed E-state index contributed by atoms with van der Waals surface area (Å²) >= 11 is 1.51. The summed E-state index contributed by atoms with van der Waals surface area (Å²) in [5, 5.41) is 0.960. The first-order valence-electron chi connectivity index (χ1n) is 10.9. The number of carbonyl (C=O) groups excluding carboxylic acids is 1. The molecule has 31 heavy (non-hydrogen) atoms. The van der Waals surface area contributed by atoms with Gasteiger partial charge in [0.2, 0.25) is 0 Å². The van der Waals surface area contributed by atoms with E-state index < -0.39 is 0 Å². The number of piperidine rings is 1. The lowest BCUT2D eigenvalue weighted by Gasteiger charge is -2.32. The summed E-state index contributed by atoms with van der Waals surface area (Å²) in [6.45, 7) is 6.76. The predicted octanol–water partition coefficient (Wildman–Crippen LogP) is 4.97. The van der Waals surface area contributed by atoms with Crippen molar-refractivity contribution < 1.29 is 9.53 Å². The highest BCUT2D eigenvalue weighted by atomic mass is 32.1. The number of aromatic nitrogens is 2. The molecule has 0 N–H and O–H groups in total. The highest BCUT2D eigenvalue weighted by Gasteiger charge is 2.26. The van der Waals surface area contributed by atoms with E-state index in [0.717, 1.165) is 53.5 Å². The molecular formula is C25H29N3O2S. The number of amides is 1. The molecule has 4 rings (SSSR count). The topological polar surface area (TPSA) is 55.3 Å². The Bertz CT molecular complexity index is 993. The summed E-state index contributed by atoms with van der Waals surface area (Å²) in [4.78, 5) is 24.0. The molecule has 1 aliphatic rings. The SMILES string of the molecule is Cc1nc(C)c(C(=O)N2CCC(Cc3ccc(COCc4ccncc4)cc3)CC2)s1. The number of likely N-dealkylation sites (tertiary alicyclic amines) is 1. The molecule has 0 aliphatic carbocycles. The van der Waals surface area contributed by atoms with Gasteiger partial charge in [0.05, 0.1) is 23.9 Å². The second kappa shape index (κ2) is 10.2. The van der Waals surface area contributed by atoms with Gasteiger partial charge in [-0.1, -0.05) is 24.3 Å². The van der Waals surface area contributed by atoms with Gasteiger partial charge in [0.1, 0.15) is 4.88 Å². The van der Waals surface area contributed by atoms with Crippen molar-refractivity contribution in [2.45, 2.75) is 46.3 Å². The van der Waals surface area contributed by atoms with Crippen molar-refractivity contribution in [2.24, 2.45) is 5.92 Å². The van der Waals surface area contributed by atoms with Gasteiger partial charge in [0.25, 0.3) is 5.91 Å². The van der Waals surface area contributed by atoms with Crippen LogP contribution in [0.5, 0.6) is 0 Å². The Morgan fingerprint density at radius 2 is 1.61 bits per heavy atom. The van der Waals surface area contributed by atoms with Gasteiger partial charge < -0.3 is 9.64 Å². The third-order valence-electron chi connectivity index (χ3n) is 5.83. The number of hydrogen-bond donors (Lipinski definition) is 0. The lowest BCUT2D eigenvalue weighted by atomic mass is 9.90. The number of hydrogen-bond acceptors (Lipinski definition) is 5. The summed E-state index contributed by atoms with van der Waals surface area (Å²) in [5.41, 5.74) is 4.54. The van der Waals surface area contributed by atoms with Crippen LogP contribution in [0.1, 0.15) is 49.9 Å². The summed E-state index contributed by atoms with van der Waals surface area (Å²) in [6.07, 6.45) is 6.75. The van der Waals surface area contributed by atoms with Crippen LogP contribution in [0.4, 0.5) is 0 Å². The minimum atomic E-state index is 0.151. The van der Waals surface area contributed by atoms with E-state index in [4.69, 9.17) is 4.74 Å². The lowest BCUT2D eigenvalue weighted by Crippen LogP contribution is -2.38. The van der Waals surface area contributed by atoms with Crippen LogP contribution >= 0.6 is 11.3 Å². The van der Waals surface area contributed by atoms with Crippen LogP contribution in [0.3, 0.4) is 0 Å². The highest BCUT2D eigenvalue weighted by molar-refractivity contribution is 7.13. The summed E-state index contributed by atoms with van der Waals surface area (Å²) in [5.74, 6) is 0.778. The third kappa shape index (κ3) is 5.77. The molecule has 1 aliphatic heterocycles. The standard InChI is InChI=1S/C25H29N3O2S/c1-18-24(31-19(2)27-18)25(29)28-13-9-21(10-14-28)15-20-3-5-22(6-4-20)16-30-17-23-7-11-26-12-8-23/h3-8,11-12,21H,9-10,13-17H2,1-2H3. The van der Waals surface area contributed by atoms with Gasteiger partial charge in [-0.2, -0.15) is 0 Å². The smallest absolute Gasteiger partial charge is 0.265 e. The molecule has 1 fully saturated rings. The van der Waals surface area contributed by atoms with Gasteiger partial charge in [0, 0.05) is 25.5 Å². The zero-order valence-electron chi connectivity index (χ0n) is 18.2. The number of ether oxygens (including phenoxy) is 1. The molecule has 0 unspecified atom stereocenters. The molecule has 162 valence electrons. The summed E-state index contributed by atoms with van der Waals surface area (Å²) in [7, 11) is 0. The van der Waals surface area contributed by atoms with Crippen LogP contribution < -0.4 is 0 Å². The van der Waals surface area contributed by atoms with E-state index in [2.05, 4.69) is 34.2 Å². The lowest BCUT2D eigenvalue weighted by molar-refractivity contribution is 0.0694. The number of aryl methyl sites for hydroxylation is 2. The second-order valence-electron chi connectivity index (χ2n) is 8.25. The maximum Gasteiger partial charge on any atom is 0.265 e. The van der Waals surface area contributed by atoms with E-state index in [9.17, 15) is 4.79 Å². The van der Waals surface area contributed by atoms with Crippen molar-refractivity contribution in [3.63, 3.8) is 0 Å². The normalized spacial score (nSPS) is 14.7. The Morgan fingerprint density at radius 1 is 1.00 bits per heavy atom. The minimum absolute atomic E-state index is 0.151. The number of benzene rings is 1. The van der Waals surface area contributed by atoms with Gasteiger partial charge in [-0.25, -0.2) is 4.98 Å². The van der Waals surface area contributed by atoms with Gasteiger partial charge in [-0.15, -0.1) is 11.3 Å². The Labute approximate surface area is 188 Å². The van der Waals surface area contributed by atoms with Gasteiger partial charge in [-0.05, 0) is 67.9 Å². The maximum atomic E-state index is 12.8. The summed E-state index contributed by atoms with van der Waals surface area (Å²) < 4.78 is 5.81. The molecular weight excluding hydrogens is 406 g/mol. The van der Waals surface area contributed by atoms with Crippen molar-refractivity contribution in [1.29, 1.82) is 0 Å². The third-order valence-corrected chi connectivity index (χ3v) is 6.89. The van der Waals surface area contributed by atoms with Crippen molar-refractivity contribution in [1.82, 2.24) is 14.9 Å². The predicted molar refractivity (Wildman–Crippen MR) is 123 cm³/mol. The molecule has 2 aromatic heterocycles. The van der Waals surface area contributed by atoms with Crippen LogP contribution in [0.2, 0.25) is 0 Å². The molecule has 1 saturated heterocycles. The quantitative estimate of drug-likeness (QED) is 0.526. The van der Waals surface area contributed by atoms with Crippen LogP contribution in [0, 0.1) is 19.8 Å². The number of rotatable bonds is 7. The first-order chi connectivity index (χ1) is 15.1.